The molecule has 1 fully saturated rings. The quantitative estimate of drug-likeness (QED) is 0.826. The van der Waals surface area contributed by atoms with Crippen molar-refractivity contribution in [3.63, 3.8) is 0 Å². The molecule has 0 aromatic heterocycles. The highest BCUT2D eigenvalue weighted by molar-refractivity contribution is 6.30. The Morgan fingerprint density at radius 3 is 2.57 bits per heavy atom. The van der Waals surface area contributed by atoms with Gasteiger partial charge in [-0.3, -0.25) is 4.79 Å². The highest BCUT2D eigenvalue weighted by atomic mass is 35.5. The van der Waals surface area contributed by atoms with E-state index in [1.807, 2.05) is 41.3 Å². The molecular formula is C18H20ClN3O. The van der Waals surface area contributed by atoms with Gasteiger partial charge in [-0.2, -0.15) is 0 Å². The molecule has 0 radical (unpaired) electrons. The monoisotopic (exact) mass is 329 g/mol. The summed E-state index contributed by atoms with van der Waals surface area (Å²) in [7, 11) is 0. The van der Waals surface area contributed by atoms with E-state index in [9.17, 15) is 4.79 Å². The van der Waals surface area contributed by atoms with Crippen LogP contribution in [0.3, 0.4) is 0 Å². The zero-order chi connectivity index (χ0) is 16.2. The third kappa shape index (κ3) is 3.77. The van der Waals surface area contributed by atoms with Crippen molar-refractivity contribution in [1.82, 2.24) is 4.90 Å². The molecule has 4 nitrogen and oxygen atoms in total. The molecule has 1 amide bonds. The van der Waals surface area contributed by atoms with E-state index in [0.717, 1.165) is 37.3 Å². The van der Waals surface area contributed by atoms with Crippen LogP contribution in [0.5, 0.6) is 0 Å². The number of carbonyl (C=O) groups excluding carboxylic acids is 1. The fourth-order valence-electron chi connectivity index (χ4n) is 2.81. The number of anilines is 3. The highest BCUT2D eigenvalue weighted by Gasteiger charge is 2.18. The van der Waals surface area contributed by atoms with Crippen LogP contribution in [0.1, 0.15) is 29.6 Å². The minimum atomic E-state index is 0.0608. The van der Waals surface area contributed by atoms with Crippen molar-refractivity contribution in [3.8, 4) is 0 Å². The van der Waals surface area contributed by atoms with Crippen LogP contribution < -0.4 is 11.1 Å². The fraction of sp³-hybridized carbons (Fsp3) is 0.278. The molecule has 1 aliphatic heterocycles. The lowest BCUT2D eigenvalue weighted by Crippen LogP contribution is -2.35. The zero-order valence-corrected chi connectivity index (χ0v) is 13.6. The second-order valence-electron chi connectivity index (χ2n) is 5.79. The predicted molar refractivity (Wildman–Crippen MR) is 95.3 cm³/mol. The number of piperidine rings is 1. The second kappa shape index (κ2) is 6.92. The number of carbonyl (C=O) groups is 1. The van der Waals surface area contributed by atoms with Gasteiger partial charge in [0.1, 0.15) is 0 Å². The zero-order valence-electron chi connectivity index (χ0n) is 12.9. The number of halogens is 1. The van der Waals surface area contributed by atoms with E-state index in [1.165, 1.54) is 6.42 Å². The molecule has 0 bridgehead atoms. The number of nitrogens with zero attached hydrogens (tertiary/aromatic N) is 1. The smallest absolute Gasteiger partial charge is 0.253 e. The minimum Gasteiger partial charge on any atom is -0.397 e. The summed E-state index contributed by atoms with van der Waals surface area (Å²) >= 11 is 5.98. The molecule has 0 spiro atoms. The van der Waals surface area contributed by atoms with Crippen molar-refractivity contribution in [2.45, 2.75) is 19.3 Å². The maximum absolute atomic E-state index is 12.5. The minimum absolute atomic E-state index is 0.0608. The van der Waals surface area contributed by atoms with Gasteiger partial charge >= 0.3 is 0 Å². The number of nitrogens with one attached hydrogen (secondary N) is 1. The molecule has 2 aromatic rings. The van der Waals surface area contributed by atoms with Gasteiger partial charge in [0, 0.05) is 29.4 Å². The number of nitrogens with two attached hydrogens (primary N) is 1. The Kier molecular flexibility index (Phi) is 4.72. The number of amides is 1. The first kappa shape index (κ1) is 15.7. The average molecular weight is 330 g/mol. The SMILES string of the molecule is Nc1cc(C(=O)N2CCCCC2)ccc1Nc1cccc(Cl)c1. The molecule has 23 heavy (non-hydrogen) atoms. The first-order chi connectivity index (χ1) is 11.1. The van der Waals surface area contributed by atoms with Gasteiger partial charge in [-0.25, -0.2) is 0 Å². The lowest BCUT2D eigenvalue weighted by atomic mass is 10.1. The molecule has 1 aliphatic rings. The second-order valence-corrected chi connectivity index (χ2v) is 6.23. The van der Waals surface area contributed by atoms with Crippen molar-refractivity contribution in [3.05, 3.63) is 53.1 Å². The summed E-state index contributed by atoms with van der Waals surface area (Å²) in [5.41, 5.74) is 8.92. The van der Waals surface area contributed by atoms with Gasteiger partial charge in [0.15, 0.2) is 0 Å². The van der Waals surface area contributed by atoms with Gasteiger partial charge in [0.05, 0.1) is 11.4 Å². The molecule has 1 saturated heterocycles. The molecule has 5 heteroatoms. The first-order valence-corrected chi connectivity index (χ1v) is 8.23. The Hall–Kier alpha value is -2.20. The number of hydrogen-bond acceptors (Lipinski definition) is 3. The molecule has 3 N–H and O–H groups in total. The lowest BCUT2D eigenvalue weighted by molar-refractivity contribution is 0.0724. The molecule has 0 atom stereocenters. The maximum atomic E-state index is 12.5. The Morgan fingerprint density at radius 1 is 1.09 bits per heavy atom. The number of benzene rings is 2. The highest BCUT2D eigenvalue weighted by Crippen LogP contribution is 2.26. The fourth-order valence-corrected chi connectivity index (χ4v) is 3.00. The first-order valence-electron chi connectivity index (χ1n) is 7.85. The molecule has 0 saturated carbocycles. The number of rotatable bonds is 3. The topological polar surface area (TPSA) is 58.4 Å². The van der Waals surface area contributed by atoms with Crippen molar-refractivity contribution in [2.75, 3.05) is 24.1 Å². The average Bonchev–Trinajstić information content (AvgIpc) is 2.57. The number of nitrogen functional groups attached to an aromatic ring is 1. The van der Waals surface area contributed by atoms with E-state index >= 15 is 0 Å². The van der Waals surface area contributed by atoms with Crippen LogP contribution in [0.15, 0.2) is 42.5 Å². The number of hydrogen-bond donors (Lipinski definition) is 2. The van der Waals surface area contributed by atoms with Crippen LogP contribution in [0.4, 0.5) is 17.1 Å². The van der Waals surface area contributed by atoms with E-state index in [-0.39, 0.29) is 5.91 Å². The summed E-state index contributed by atoms with van der Waals surface area (Å²) in [5, 5.41) is 3.88. The lowest BCUT2D eigenvalue weighted by Gasteiger charge is -2.27. The van der Waals surface area contributed by atoms with Crippen molar-refractivity contribution < 1.29 is 4.79 Å². The van der Waals surface area contributed by atoms with Crippen molar-refractivity contribution >= 4 is 34.6 Å². The summed E-state index contributed by atoms with van der Waals surface area (Å²) in [6, 6.07) is 12.8. The summed E-state index contributed by atoms with van der Waals surface area (Å²) in [6.45, 7) is 1.67. The molecule has 120 valence electrons. The Balaban J connectivity index is 1.76. The normalized spacial score (nSPS) is 14.6. The maximum Gasteiger partial charge on any atom is 0.253 e. The van der Waals surface area contributed by atoms with E-state index in [0.29, 0.717) is 16.3 Å². The molecule has 3 rings (SSSR count). The van der Waals surface area contributed by atoms with E-state index in [2.05, 4.69) is 5.32 Å². The van der Waals surface area contributed by atoms with Crippen LogP contribution in [0.25, 0.3) is 0 Å². The Bertz CT molecular complexity index is 711. The van der Waals surface area contributed by atoms with Crippen molar-refractivity contribution in [2.24, 2.45) is 0 Å². The number of likely N-dealkylation sites (tertiary alicyclic amines) is 1. The van der Waals surface area contributed by atoms with Gasteiger partial charge in [0.25, 0.3) is 5.91 Å². The standard InChI is InChI=1S/C18H20ClN3O/c19-14-5-4-6-15(12-14)21-17-8-7-13(11-16(17)20)18(23)22-9-2-1-3-10-22/h4-8,11-12,21H,1-3,9-10,20H2. The van der Waals surface area contributed by atoms with Crippen molar-refractivity contribution in [1.29, 1.82) is 0 Å². The third-order valence-corrected chi connectivity index (χ3v) is 4.28. The van der Waals surface area contributed by atoms with Gasteiger partial charge in [-0.15, -0.1) is 0 Å². The van der Waals surface area contributed by atoms with Crippen LogP contribution in [0, 0.1) is 0 Å². The summed E-state index contributed by atoms with van der Waals surface area (Å²) in [6.07, 6.45) is 3.36. The van der Waals surface area contributed by atoms with Crippen LogP contribution in [0.2, 0.25) is 5.02 Å². The molecule has 1 heterocycles. The Morgan fingerprint density at radius 2 is 1.87 bits per heavy atom. The van der Waals surface area contributed by atoms with Crippen LogP contribution in [-0.4, -0.2) is 23.9 Å². The van der Waals surface area contributed by atoms with Gasteiger partial charge in [-0.05, 0) is 55.7 Å². The summed E-state index contributed by atoms with van der Waals surface area (Å²) in [4.78, 5) is 14.4. The van der Waals surface area contributed by atoms with Gasteiger partial charge < -0.3 is 16.0 Å². The molecule has 0 aliphatic carbocycles. The predicted octanol–water partition coefficient (Wildman–Crippen LogP) is 4.29. The summed E-state index contributed by atoms with van der Waals surface area (Å²) < 4.78 is 0. The van der Waals surface area contributed by atoms with E-state index in [1.54, 1.807) is 6.07 Å². The Labute approximate surface area is 141 Å². The molecule has 0 unspecified atom stereocenters. The molecular weight excluding hydrogens is 310 g/mol. The molecule has 2 aromatic carbocycles. The van der Waals surface area contributed by atoms with E-state index in [4.69, 9.17) is 17.3 Å². The van der Waals surface area contributed by atoms with Crippen LogP contribution >= 0.6 is 11.6 Å². The van der Waals surface area contributed by atoms with E-state index < -0.39 is 0 Å². The third-order valence-electron chi connectivity index (χ3n) is 4.05. The van der Waals surface area contributed by atoms with Gasteiger partial charge in [0.2, 0.25) is 0 Å². The van der Waals surface area contributed by atoms with Gasteiger partial charge in [-0.1, -0.05) is 17.7 Å². The summed E-state index contributed by atoms with van der Waals surface area (Å²) in [5.74, 6) is 0.0608. The van der Waals surface area contributed by atoms with Crippen LogP contribution in [-0.2, 0) is 0 Å². The largest absolute Gasteiger partial charge is 0.397 e.